The number of ether oxygens (including phenoxy) is 1. The quantitative estimate of drug-likeness (QED) is 0.664. The van der Waals surface area contributed by atoms with Crippen LogP contribution in [0.3, 0.4) is 0 Å². The average molecular weight is 318 g/mol. The largest absolute Gasteiger partial charge is 0.497 e. The minimum absolute atomic E-state index is 0.134. The number of nitrogens with zero attached hydrogens (tertiary/aromatic N) is 1. The number of hydrogen-bond acceptors (Lipinski definition) is 6. The molecule has 2 aromatic heterocycles. The smallest absolute Gasteiger partial charge is 0.326 e. The monoisotopic (exact) mass is 318 g/mol. The number of aromatic amines is 2. The molecule has 0 fully saturated rings. The Morgan fingerprint density at radius 1 is 1.27 bits per heavy atom. The Bertz CT molecular complexity index is 944. The zero-order chi connectivity index (χ0) is 15.7. The highest BCUT2D eigenvalue weighted by atomic mass is 32.1. The van der Waals surface area contributed by atoms with Gasteiger partial charge in [-0.25, -0.2) is 9.78 Å². The molecule has 1 amide bonds. The number of carbonyl (C=O) groups is 1. The van der Waals surface area contributed by atoms with Gasteiger partial charge in [0.2, 0.25) is 0 Å². The van der Waals surface area contributed by atoms with Gasteiger partial charge in [0, 0.05) is 6.07 Å². The highest BCUT2D eigenvalue weighted by molar-refractivity contribution is 7.22. The van der Waals surface area contributed by atoms with Gasteiger partial charge in [0.05, 0.1) is 17.3 Å². The number of hydrogen-bond donors (Lipinski definition) is 3. The van der Waals surface area contributed by atoms with Crippen molar-refractivity contribution in [2.75, 3.05) is 12.4 Å². The molecule has 0 saturated carbocycles. The molecule has 3 N–H and O–H groups in total. The molecule has 0 unspecified atom stereocenters. The van der Waals surface area contributed by atoms with E-state index < -0.39 is 17.2 Å². The lowest BCUT2D eigenvalue weighted by Gasteiger charge is -1.99. The lowest BCUT2D eigenvalue weighted by Crippen LogP contribution is -2.27. The fourth-order valence-corrected chi connectivity index (χ4v) is 2.73. The summed E-state index contributed by atoms with van der Waals surface area (Å²) >= 11 is 1.26. The van der Waals surface area contributed by atoms with E-state index in [0.717, 1.165) is 10.8 Å². The van der Waals surface area contributed by atoms with Crippen LogP contribution in [0.1, 0.15) is 10.5 Å². The topological polar surface area (TPSA) is 117 Å². The van der Waals surface area contributed by atoms with Crippen molar-refractivity contribution in [3.05, 3.63) is 50.8 Å². The molecule has 0 radical (unpaired) electrons. The Kier molecular flexibility index (Phi) is 3.47. The van der Waals surface area contributed by atoms with E-state index in [0.29, 0.717) is 16.4 Å². The Hall–Kier alpha value is -2.94. The third kappa shape index (κ3) is 2.74. The molecule has 0 atom stereocenters. The SMILES string of the molecule is COc1ccc2nc(NC(=O)c3cc(=O)[nH]c(=O)[nH]3)sc2c1. The van der Waals surface area contributed by atoms with Gasteiger partial charge in [0.25, 0.3) is 11.5 Å². The Labute approximate surface area is 126 Å². The van der Waals surface area contributed by atoms with Gasteiger partial charge in [-0.05, 0) is 18.2 Å². The summed E-state index contributed by atoms with van der Waals surface area (Å²) in [7, 11) is 1.56. The second-order valence-corrected chi connectivity index (χ2v) is 5.34. The summed E-state index contributed by atoms with van der Waals surface area (Å²) in [6.07, 6.45) is 0. The average Bonchev–Trinajstić information content (AvgIpc) is 2.87. The molecule has 0 bridgehead atoms. The number of aromatic nitrogens is 3. The summed E-state index contributed by atoms with van der Waals surface area (Å²) in [5.74, 6) is 0.0715. The highest BCUT2D eigenvalue weighted by Gasteiger charge is 2.12. The van der Waals surface area contributed by atoms with Gasteiger partial charge in [-0.2, -0.15) is 0 Å². The van der Waals surface area contributed by atoms with Gasteiger partial charge in [-0.15, -0.1) is 0 Å². The summed E-state index contributed by atoms with van der Waals surface area (Å²) in [5, 5.41) is 2.90. The lowest BCUT2D eigenvalue weighted by molar-refractivity contribution is 0.102. The highest BCUT2D eigenvalue weighted by Crippen LogP contribution is 2.29. The summed E-state index contributed by atoms with van der Waals surface area (Å²) < 4.78 is 5.96. The van der Waals surface area contributed by atoms with Gasteiger partial charge in [0.1, 0.15) is 11.4 Å². The molecule has 9 heteroatoms. The number of methoxy groups -OCH3 is 1. The van der Waals surface area contributed by atoms with E-state index in [-0.39, 0.29) is 5.69 Å². The van der Waals surface area contributed by atoms with E-state index in [2.05, 4.69) is 15.3 Å². The molecule has 0 saturated heterocycles. The van der Waals surface area contributed by atoms with Crippen molar-refractivity contribution in [1.82, 2.24) is 15.0 Å². The van der Waals surface area contributed by atoms with Crippen molar-refractivity contribution >= 4 is 32.6 Å². The van der Waals surface area contributed by atoms with E-state index >= 15 is 0 Å². The number of nitrogens with one attached hydrogen (secondary N) is 3. The second kappa shape index (κ2) is 5.45. The number of carbonyl (C=O) groups excluding carboxylic acids is 1. The predicted molar refractivity (Wildman–Crippen MR) is 81.8 cm³/mol. The maximum atomic E-state index is 12.0. The minimum atomic E-state index is -0.744. The molecular weight excluding hydrogens is 308 g/mol. The molecule has 112 valence electrons. The zero-order valence-electron chi connectivity index (χ0n) is 11.3. The van der Waals surface area contributed by atoms with Gasteiger partial charge in [-0.3, -0.25) is 19.9 Å². The second-order valence-electron chi connectivity index (χ2n) is 4.31. The molecule has 0 spiro atoms. The van der Waals surface area contributed by atoms with Gasteiger partial charge in [-0.1, -0.05) is 11.3 Å². The van der Waals surface area contributed by atoms with Crippen molar-refractivity contribution in [3.63, 3.8) is 0 Å². The molecule has 2 heterocycles. The number of rotatable bonds is 3. The third-order valence-corrected chi connectivity index (χ3v) is 3.75. The van der Waals surface area contributed by atoms with Crippen LogP contribution in [0.4, 0.5) is 5.13 Å². The molecule has 3 aromatic rings. The predicted octanol–water partition coefficient (Wildman–Crippen LogP) is 0.934. The van der Waals surface area contributed by atoms with Crippen LogP contribution in [0, 0.1) is 0 Å². The number of H-pyrrole nitrogens is 2. The number of anilines is 1. The first-order chi connectivity index (χ1) is 10.5. The molecular formula is C13H10N4O4S. The van der Waals surface area contributed by atoms with Crippen LogP contribution in [0.15, 0.2) is 33.9 Å². The maximum absolute atomic E-state index is 12.0. The minimum Gasteiger partial charge on any atom is -0.497 e. The number of amides is 1. The van der Waals surface area contributed by atoms with Crippen LogP contribution < -0.4 is 21.3 Å². The number of fused-ring (bicyclic) bond motifs is 1. The zero-order valence-corrected chi connectivity index (χ0v) is 12.1. The summed E-state index contributed by atoms with van der Waals surface area (Å²) in [6.45, 7) is 0. The molecule has 0 aliphatic carbocycles. The van der Waals surface area contributed by atoms with Gasteiger partial charge >= 0.3 is 5.69 Å². The van der Waals surface area contributed by atoms with Crippen LogP contribution in [-0.2, 0) is 0 Å². The van der Waals surface area contributed by atoms with Crippen molar-refractivity contribution in [2.45, 2.75) is 0 Å². The van der Waals surface area contributed by atoms with E-state index in [1.54, 1.807) is 25.3 Å². The van der Waals surface area contributed by atoms with Crippen molar-refractivity contribution in [2.24, 2.45) is 0 Å². The molecule has 0 aliphatic rings. The summed E-state index contributed by atoms with van der Waals surface area (Å²) in [4.78, 5) is 42.9. The fourth-order valence-electron chi connectivity index (χ4n) is 1.84. The molecule has 1 aromatic carbocycles. The fraction of sp³-hybridized carbons (Fsp3) is 0.0769. The molecule has 3 rings (SSSR count). The number of benzene rings is 1. The Morgan fingerprint density at radius 2 is 2.09 bits per heavy atom. The van der Waals surface area contributed by atoms with Crippen LogP contribution in [-0.4, -0.2) is 28.0 Å². The molecule has 8 nitrogen and oxygen atoms in total. The van der Waals surface area contributed by atoms with E-state index in [9.17, 15) is 14.4 Å². The first kappa shape index (κ1) is 14.0. The van der Waals surface area contributed by atoms with Crippen LogP contribution >= 0.6 is 11.3 Å². The number of thiazole rings is 1. The lowest BCUT2D eigenvalue weighted by atomic mass is 10.3. The van der Waals surface area contributed by atoms with E-state index in [4.69, 9.17) is 4.74 Å². The van der Waals surface area contributed by atoms with Gasteiger partial charge in [0.15, 0.2) is 5.13 Å². The van der Waals surface area contributed by atoms with E-state index in [1.165, 1.54) is 11.3 Å². The van der Waals surface area contributed by atoms with Gasteiger partial charge < -0.3 is 9.72 Å². The Balaban J connectivity index is 1.90. The Morgan fingerprint density at radius 3 is 2.82 bits per heavy atom. The summed E-state index contributed by atoms with van der Waals surface area (Å²) in [6, 6.07) is 6.35. The summed E-state index contributed by atoms with van der Waals surface area (Å²) in [5.41, 5.74) is -0.819. The first-order valence-corrected chi connectivity index (χ1v) is 6.96. The van der Waals surface area contributed by atoms with Crippen molar-refractivity contribution in [1.29, 1.82) is 0 Å². The van der Waals surface area contributed by atoms with Crippen LogP contribution in [0.2, 0.25) is 0 Å². The first-order valence-electron chi connectivity index (χ1n) is 6.15. The third-order valence-electron chi connectivity index (χ3n) is 2.82. The van der Waals surface area contributed by atoms with Crippen LogP contribution in [0.5, 0.6) is 5.75 Å². The van der Waals surface area contributed by atoms with E-state index in [1.807, 2.05) is 4.98 Å². The standard InChI is InChI=1S/C13H10N4O4S/c1-21-6-2-3-7-9(4-6)22-13(15-7)17-11(19)8-5-10(18)16-12(20)14-8/h2-5H,1H3,(H,15,17,19)(H2,14,16,18,20). The normalized spacial score (nSPS) is 10.6. The van der Waals surface area contributed by atoms with Crippen LogP contribution in [0.25, 0.3) is 10.2 Å². The molecule has 0 aliphatic heterocycles. The molecule has 22 heavy (non-hydrogen) atoms. The van der Waals surface area contributed by atoms with Crippen molar-refractivity contribution < 1.29 is 9.53 Å². The maximum Gasteiger partial charge on any atom is 0.326 e. The van der Waals surface area contributed by atoms with Crippen molar-refractivity contribution in [3.8, 4) is 5.75 Å².